The summed E-state index contributed by atoms with van der Waals surface area (Å²) < 4.78 is 5.52. The van der Waals surface area contributed by atoms with E-state index in [1.165, 1.54) is 0 Å². The number of benzene rings is 1. The molecule has 4 nitrogen and oxygen atoms in total. The number of hydrogen-bond acceptors (Lipinski definition) is 3. The highest BCUT2D eigenvalue weighted by molar-refractivity contribution is 5.94. The van der Waals surface area contributed by atoms with E-state index in [0.717, 1.165) is 30.5 Å². The monoisotopic (exact) mass is 289 g/mol. The van der Waals surface area contributed by atoms with E-state index in [9.17, 15) is 9.90 Å². The van der Waals surface area contributed by atoms with E-state index in [1.807, 2.05) is 36.1 Å². The minimum absolute atomic E-state index is 0.0509. The Morgan fingerprint density at radius 2 is 2.24 bits per heavy atom. The normalized spacial score (nSPS) is 29.6. The summed E-state index contributed by atoms with van der Waals surface area (Å²) in [5, 5.41) is 10.2. The lowest BCUT2D eigenvalue weighted by molar-refractivity contribution is -0.0589. The first-order valence-electron chi connectivity index (χ1n) is 7.80. The number of ether oxygens (including phenoxy) is 1. The molecule has 2 aliphatic rings. The van der Waals surface area contributed by atoms with Crippen molar-refractivity contribution in [2.24, 2.45) is 5.92 Å². The Morgan fingerprint density at radius 1 is 1.38 bits per heavy atom. The number of likely N-dealkylation sites (tertiary alicyclic amines) is 1. The summed E-state index contributed by atoms with van der Waals surface area (Å²) >= 11 is 0. The number of amides is 1. The molecule has 2 heterocycles. The van der Waals surface area contributed by atoms with Crippen molar-refractivity contribution in [2.75, 3.05) is 19.8 Å². The summed E-state index contributed by atoms with van der Waals surface area (Å²) in [4.78, 5) is 14.7. The van der Waals surface area contributed by atoms with Crippen molar-refractivity contribution >= 4 is 5.91 Å². The van der Waals surface area contributed by atoms with Gasteiger partial charge in [-0.1, -0.05) is 17.7 Å². The molecule has 1 aromatic rings. The van der Waals surface area contributed by atoms with Gasteiger partial charge in [-0.25, -0.2) is 0 Å². The molecule has 4 heteroatoms. The molecule has 0 aromatic heterocycles. The average Bonchev–Trinajstić information content (AvgIpc) is 2.96. The number of carbonyl (C=O) groups is 1. The second-order valence-corrected chi connectivity index (χ2v) is 6.17. The number of hydrogen-bond donors (Lipinski definition) is 1. The lowest BCUT2D eigenvalue weighted by Gasteiger charge is -2.37. The minimum Gasteiger partial charge on any atom is -0.393 e. The van der Waals surface area contributed by atoms with Crippen molar-refractivity contribution in [1.82, 2.24) is 4.90 Å². The summed E-state index contributed by atoms with van der Waals surface area (Å²) in [7, 11) is 0. The van der Waals surface area contributed by atoms with E-state index in [0.29, 0.717) is 19.6 Å². The predicted molar refractivity (Wildman–Crippen MR) is 80.2 cm³/mol. The van der Waals surface area contributed by atoms with Gasteiger partial charge in [0.2, 0.25) is 0 Å². The summed E-state index contributed by atoms with van der Waals surface area (Å²) in [6.45, 7) is 3.96. The van der Waals surface area contributed by atoms with E-state index in [-0.39, 0.29) is 24.0 Å². The molecule has 1 amide bonds. The summed E-state index contributed by atoms with van der Waals surface area (Å²) in [6.07, 6.45) is 2.29. The first-order chi connectivity index (χ1) is 10.2. The van der Waals surface area contributed by atoms with Crippen molar-refractivity contribution < 1.29 is 14.6 Å². The highest BCUT2D eigenvalue weighted by Gasteiger charge is 2.39. The van der Waals surface area contributed by atoms with Crippen molar-refractivity contribution in [3.8, 4) is 0 Å². The van der Waals surface area contributed by atoms with Gasteiger partial charge in [0.05, 0.1) is 12.7 Å². The molecule has 1 aromatic carbocycles. The van der Waals surface area contributed by atoms with E-state index in [1.54, 1.807) is 0 Å². The number of aryl methyl sites for hydroxylation is 1. The summed E-state index contributed by atoms with van der Waals surface area (Å²) in [5.74, 6) is 0.133. The Morgan fingerprint density at radius 3 is 3.00 bits per heavy atom. The SMILES string of the molecule is Cc1cccc(C(=O)N2CCC[C@@H]2[C@@H]2COCC[C@H]2O)c1. The van der Waals surface area contributed by atoms with Gasteiger partial charge < -0.3 is 14.7 Å². The van der Waals surface area contributed by atoms with E-state index in [4.69, 9.17) is 4.74 Å². The molecule has 2 saturated heterocycles. The van der Waals surface area contributed by atoms with Crippen LogP contribution in [0, 0.1) is 12.8 Å². The molecule has 0 aliphatic carbocycles. The maximum absolute atomic E-state index is 12.8. The second-order valence-electron chi connectivity index (χ2n) is 6.17. The lowest BCUT2D eigenvalue weighted by atomic mass is 9.89. The predicted octanol–water partition coefficient (Wildman–Crippen LogP) is 2.00. The molecular formula is C17H23NO3. The van der Waals surface area contributed by atoms with Crippen LogP contribution in [-0.2, 0) is 4.74 Å². The van der Waals surface area contributed by atoms with E-state index in [2.05, 4.69) is 0 Å². The molecule has 0 bridgehead atoms. The first-order valence-corrected chi connectivity index (χ1v) is 7.80. The molecule has 0 unspecified atom stereocenters. The van der Waals surface area contributed by atoms with Gasteiger partial charge in [0.15, 0.2) is 0 Å². The zero-order valence-corrected chi connectivity index (χ0v) is 12.5. The smallest absolute Gasteiger partial charge is 0.254 e. The van der Waals surface area contributed by atoms with Gasteiger partial charge in [-0.05, 0) is 38.3 Å². The van der Waals surface area contributed by atoms with Crippen LogP contribution in [0.25, 0.3) is 0 Å². The van der Waals surface area contributed by atoms with Gasteiger partial charge >= 0.3 is 0 Å². The van der Waals surface area contributed by atoms with E-state index < -0.39 is 0 Å². The van der Waals surface area contributed by atoms with Crippen LogP contribution in [0.3, 0.4) is 0 Å². The average molecular weight is 289 g/mol. The zero-order valence-electron chi connectivity index (χ0n) is 12.5. The molecule has 0 radical (unpaired) electrons. The standard InChI is InChI=1S/C17H23NO3/c1-12-4-2-5-13(10-12)17(20)18-8-3-6-15(18)14-11-21-9-7-16(14)19/h2,4-5,10,14-16,19H,3,6-9,11H2,1H3/t14-,15+,16+/m0/s1. The summed E-state index contributed by atoms with van der Waals surface area (Å²) in [5.41, 5.74) is 1.84. The van der Waals surface area contributed by atoms with Crippen LogP contribution in [-0.4, -0.2) is 47.8 Å². The Bertz CT molecular complexity index is 517. The van der Waals surface area contributed by atoms with Crippen molar-refractivity contribution in [2.45, 2.75) is 38.3 Å². The van der Waals surface area contributed by atoms with E-state index >= 15 is 0 Å². The van der Waals surface area contributed by atoms with Gasteiger partial charge in [-0.2, -0.15) is 0 Å². The third-order valence-electron chi connectivity index (χ3n) is 4.68. The number of aliphatic hydroxyl groups excluding tert-OH is 1. The van der Waals surface area contributed by atoms with Gasteiger partial charge in [0.25, 0.3) is 5.91 Å². The zero-order chi connectivity index (χ0) is 14.8. The third-order valence-corrected chi connectivity index (χ3v) is 4.68. The quantitative estimate of drug-likeness (QED) is 0.906. The lowest BCUT2D eigenvalue weighted by Crippen LogP contribution is -2.48. The molecule has 3 rings (SSSR count). The van der Waals surface area contributed by atoms with Crippen LogP contribution < -0.4 is 0 Å². The van der Waals surface area contributed by atoms with Crippen molar-refractivity contribution in [3.05, 3.63) is 35.4 Å². The Labute approximate surface area is 125 Å². The minimum atomic E-state index is -0.352. The number of aliphatic hydroxyl groups is 1. The van der Waals surface area contributed by atoms with Crippen LogP contribution in [0.4, 0.5) is 0 Å². The van der Waals surface area contributed by atoms with Crippen molar-refractivity contribution in [1.29, 1.82) is 0 Å². The molecular weight excluding hydrogens is 266 g/mol. The molecule has 0 saturated carbocycles. The highest BCUT2D eigenvalue weighted by atomic mass is 16.5. The van der Waals surface area contributed by atoms with Crippen LogP contribution in [0.5, 0.6) is 0 Å². The molecule has 3 atom stereocenters. The third kappa shape index (κ3) is 2.97. The Hall–Kier alpha value is -1.39. The van der Waals surface area contributed by atoms with Gasteiger partial charge in [0.1, 0.15) is 0 Å². The molecule has 21 heavy (non-hydrogen) atoms. The Kier molecular flexibility index (Phi) is 4.27. The first kappa shape index (κ1) is 14.5. The van der Waals surface area contributed by atoms with Crippen molar-refractivity contribution in [3.63, 3.8) is 0 Å². The van der Waals surface area contributed by atoms with Crippen LogP contribution in [0.2, 0.25) is 0 Å². The van der Waals surface area contributed by atoms with Crippen LogP contribution in [0.15, 0.2) is 24.3 Å². The fourth-order valence-electron chi connectivity index (χ4n) is 3.55. The second kappa shape index (κ2) is 6.16. The van der Waals surface area contributed by atoms with Gasteiger partial charge in [0, 0.05) is 30.7 Å². The maximum atomic E-state index is 12.8. The Balaban J connectivity index is 1.78. The van der Waals surface area contributed by atoms with Crippen LogP contribution >= 0.6 is 0 Å². The fraction of sp³-hybridized carbons (Fsp3) is 0.588. The number of nitrogens with zero attached hydrogens (tertiary/aromatic N) is 1. The fourth-order valence-corrected chi connectivity index (χ4v) is 3.55. The molecule has 2 fully saturated rings. The molecule has 114 valence electrons. The molecule has 2 aliphatic heterocycles. The van der Waals surface area contributed by atoms with Gasteiger partial charge in [-0.15, -0.1) is 0 Å². The molecule has 0 spiro atoms. The number of carbonyl (C=O) groups excluding carboxylic acids is 1. The largest absolute Gasteiger partial charge is 0.393 e. The van der Waals surface area contributed by atoms with Gasteiger partial charge in [-0.3, -0.25) is 4.79 Å². The highest BCUT2D eigenvalue weighted by Crippen LogP contribution is 2.31. The summed E-state index contributed by atoms with van der Waals surface area (Å²) in [6, 6.07) is 7.83. The maximum Gasteiger partial charge on any atom is 0.254 e. The topological polar surface area (TPSA) is 49.8 Å². The van der Waals surface area contributed by atoms with Crippen LogP contribution in [0.1, 0.15) is 35.2 Å². The molecule has 1 N–H and O–H groups in total. The number of rotatable bonds is 2.